The smallest absolute Gasteiger partial charge is 0.307 e. The zero-order valence-electron chi connectivity index (χ0n) is 18.8. The summed E-state index contributed by atoms with van der Waals surface area (Å²) in [6.07, 6.45) is 1.09. The zero-order chi connectivity index (χ0) is 22.8. The van der Waals surface area contributed by atoms with E-state index in [4.69, 9.17) is 26.1 Å². The van der Waals surface area contributed by atoms with E-state index in [-0.39, 0.29) is 12.5 Å². The minimum absolute atomic E-state index is 0.0557. The Morgan fingerprint density at radius 2 is 2.00 bits per heavy atom. The van der Waals surface area contributed by atoms with E-state index in [0.717, 1.165) is 54.8 Å². The molecule has 0 spiro atoms. The average molecular weight is 456 g/mol. The van der Waals surface area contributed by atoms with Crippen LogP contribution in [0.2, 0.25) is 5.02 Å². The molecule has 4 rings (SSSR count). The van der Waals surface area contributed by atoms with Gasteiger partial charge in [-0.15, -0.1) is 0 Å². The molecule has 32 heavy (non-hydrogen) atoms. The van der Waals surface area contributed by atoms with Crippen LogP contribution in [-0.4, -0.2) is 46.6 Å². The molecular formula is C25H30ClN3O3. The first-order valence-electron chi connectivity index (χ1n) is 11.1. The molecule has 2 aromatic carbocycles. The second-order valence-corrected chi connectivity index (χ2v) is 9.65. The number of aromatic nitrogens is 1. The Balaban J connectivity index is 1.52. The molecule has 6 nitrogen and oxygen atoms in total. The molecule has 0 unspecified atom stereocenters. The lowest BCUT2D eigenvalue weighted by atomic mass is 9.99. The van der Waals surface area contributed by atoms with E-state index >= 15 is 0 Å². The minimum Gasteiger partial charge on any atom is -0.481 e. The fourth-order valence-corrected chi connectivity index (χ4v) is 4.81. The second kappa shape index (κ2) is 9.51. The molecule has 1 fully saturated rings. The first kappa shape index (κ1) is 22.6. The van der Waals surface area contributed by atoms with E-state index in [9.17, 15) is 4.79 Å². The van der Waals surface area contributed by atoms with Crippen LogP contribution in [0.15, 0.2) is 40.8 Å². The number of fused-ring (bicyclic) bond motifs is 1. The minimum atomic E-state index is -0.799. The van der Waals surface area contributed by atoms with Gasteiger partial charge < -0.3 is 14.4 Å². The van der Waals surface area contributed by atoms with Crippen molar-refractivity contribution < 1.29 is 14.3 Å². The molecule has 1 N–H and O–H groups in total. The molecule has 7 heteroatoms. The van der Waals surface area contributed by atoms with Crippen molar-refractivity contribution in [3.63, 3.8) is 0 Å². The molecule has 0 radical (unpaired) electrons. The van der Waals surface area contributed by atoms with Gasteiger partial charge in [0, 0.05) is 43.3 Å². The van der Waals surface area contributed by atoms with Crippen LogP contribution in [-0.2, 0) is 17.8 Å². The van der Waals surface area contributed by atoms with Crippen molar-refractivity contribution in [3.8, 4) is 0 Å². The summed E-state index contributed by atoms with van der Waals surface area (Å²) in [5.74, 6) is -0.255. The summed E-state index contributed by atoms with van der Waals surface area (Å²) in [6.45, 7) is 9.92. The second-order valence-electron chi connectivity index (χ2n) is 9.22. The van der Waals surface area contributed by atoms with E-state index in [2.05, 4.69) is 29.7 Å². The Kier molecular flexibility index (Phi) is 6.72. The maximum Gasteiger partial charge on any atom is 0.307 e. The number of hydrogen-bond acceptors (Lipinski definition) is 5. The third-order valence-electron chi connectivity index (χ3n) is 5.85. The lowest BCUT2D eigenvalue weighted by Crippen LogP contribution is -2.53. The van der Waals surface area contributed by atoms with Crippen molar-refractivity contribution in [3.05, 3.63) is 58.1 Å². The van der Waals surface area contributed by atoms with Gasteiger partial charge in [0.2, 0.25) is 0 Å². The van der Waals surface area contributed by atoms with Gasteiger partial charge in [0.05, 0.1) is 6.42 Å². The van der Waals surface area contributed by atoms with Gasteiger partial charge in [-0.1, -0.05) is 49.2 Å². The lowest BCUT2D eigenvalue weighted by Gasteiger charge is -2.41. The first-order chi connectivity index (χ1) is 15.3. The number of carboxylic acid groups (broad SMARTS) is 1. The van der Waals surface area contributed by atoms with E-state index < -0.39 is 5.97 Å². The van der Waals surface area contributed by atoms with E-state index in [1.54, 1.807) is 0 Å². The van der Waals surface area contributed by atoms with Crippen LogP contribution in [0.1, 0.15) is 37.0 Å². The Bertz CT molecular complexity index is 1110. The number of benzene rings is 2. The summed E-state index contributed by atoms with van der Waals surface area (Å²) >= 11 is 6.12. The Morgan fingerprint density at radius 1 is 1.22 bits per heavy atom. The maximum atomic E-state index is 11.1. The van der Waals surface area contributed by atoms with Crippen molar-refractivity contribution in [1.29, 1.82) is 0 Å². The molecule has 1 aromatic heterocycles. The fraction of sp³-hybridized carbons (Fsp3) is 0.440. The van der Waals surface area contributed by atoms with Crippen LogP contribution in [0.3, 0.4) is 0 Å². The summed E-state index contributed by atoms with van der Waals surface area (Å²) in [4.78, 5) is 20.6. The van der Waals surface area contributed by atoms with Crippen molar-refractivity contribution in [1.82, 2.24) is 9.88 Å². The Morgan fingerprint density at radius 3 is 2.75 bits per heavy atom. The van der Waals surface area contributed by atoms with Crippen LogP contribution >= 0.6 is 11.6 Å². The third-order valence-corrected chi connectivity index (χ3v) is 6.09. The molecule has 1 saturated heterocycles. The molecule has 0 aliphatic carbocycles. The van der Waals surface area contributed by atoms with Gasteiger partial charge in [0.25, 0.3) is 6.01 Å². The number of aliphatic carboxylic acids is 1. The SMILES string of the molecule is Cc1cc(CC(=O)O)cc(CN2CCN(c3nc4ccc(Cl)cc4o3)[C@H](CC(C)C)C2)c1. The first-order valence-corrected chi connectivity index (χ1v) is 11.5. The van der Waals surface area contributed by atoms with Gasteiger partial charge in [-0.2, -0.15) is 4.98 Å². The standard InChI is InChI=1S/C25H30ClN3O3/c1-16(2)8-21-15-28(14-19-10-17(3)9-18(11-19)12-24(30)31)6-7-29(21)25-27-22-5-4-20(26)13-23(22)32-25/h4-5,9-11,13,16,21H,6-8,12,14-15H2,1-3H3,(H,30,31)/t21-/m1/s1. The number of carbonyl (C=O) groups is 1. The summed E-state index contributed by atoms with van der Waals surface area (Å²) in [7, 11) is 0. The highest BCUT2D eigenvalue weighted by Gasteiger charge is 2.30. The quantitative estimate of drug-likeness (QED) is 0.531. The number of anilines is 1. The topological polar surface area (TPSA) is 69.8 Å². The van der Waals surface area contributed by atoms with Gasteiger partial charge >= 0.3 is 5.97 Å². The number of nitrogens with zero attached hydrogens (tertiary/aromatic N) is 3. The maximum absolute atomic E-state index is 11.1. The van der Waals surface area contributed by atoms with Crippen LogP contribution in [0, 0.1) is 12.8 Å². The largest absolute Gasteiger partial charge is 0.481 e. The predicted molar refractivity (Wildman–Crippen MR) is 127 cm³/mol. The van der Waals surface area contributed by atoms with Gasteiger partial charge in [0.1, 0.15) is 5.52 Å². The van der Waals surface area contributed by atoms with Crippen LogP contribution in [0.25, 0.3) is 11.1 Å². The summed E-state index contributed by atoms with van der Waals surface area (Å²) in [5.41, 5.74) is 4.65. The molecular weight excluding hydrogens is 426 g/mol. The molecule has 0 amide bonds. The lowest BCUT2D eigenvalue weighted by molar-refractivity contribution is -0.136. The normalized spacial score (nSPS) is 17.4. The Labute approximate surface area is 193 Å². The number of carboxylic acids is 1. The molecule has 3 aromatic rings. The molecule has 0 bridgehead atoms. The van der Waals surface area contributed by atoms with Gasteiger partial charge in [-0.3, -0.25) is 9.69 Å². The summed E-state index contributed by atoms with van der Waals surface area (Å²) in [5, 5.41) is 9.80. The van der Waals surface area contributed by atoms with Crippen LogP contribution < -0.4 is 4.90 Å². The molecule has 2 heterocycles. The highest BCUT2D eigenvalue weighted by atomic mass is 35.5. The van der Waals surface area contributed by atoms with Crippen molar-refractivity contribution >= 4 is 34.7 Å². The summed E-state index contributed by atoms with van der Waals surface area (Å²) in [6, 6.07) is 12.6. The van der Waals surface area contributed by atoms with E-state index in [0.29, 0.717) is 22.5 Å². The number of halogens is 1. The molecule has 0 saturated carbocycles. The monoisotopic (exact) mass is 455 g/mol. The van der Waals surface area contributed by atoms with Gasteiger partial charge in [-0.25, -0.2) is 0 Å². The van der Waals surface area contributed by atoms with E-state index in [1.165, 1.54) is 0 Å². The predicted octanol–water partition coefficient (Wildman–Crippen LogP) is 5.15. The van der Waals surface area contributed by atoms with Crippen molar-refractivity contribution in [2.75, 3.05) is 24.5 Å². The average Bonchev–Trinajstić information content (AvgIpc) is 3.09. The van der Waals surface area contributed by atoms with Gasteiger partial charge in [0.15, 0.2) is 5.58 Å². The number of aryl methyl sites for hydroxylation is 1. The zero-order valence-corrected chi connectivity index (χ0v) is 19.6. The van der Waals surface area contributed by atoms with Crippen molar-refractivity contribution in [2.24, 2.45) is 5.92 Å². The van der Waals surface area contributed by atoms with Crippen LogP contribution in [0.4, 0.5) is 6.01 Å². The molecule has 1 aliphatic rings. The molecule has 170 valence electrons. The third kappa shape index (κ3) is 5.43. The Hall–Kier alpha value is -2.57. The number of hydrogen-bond donors (Lipinski definition) is 1. The molecule has 1 aliphatic heterocycles. The van der Waals surface area contributed by atoms with Gasteiger partial charge in [-0.05, 0) is 42.5 Å². The summed E-state index contributed by atoms with van der Waals surface area (Å²) < 4.78 is 6.08. The number of rotatable bonds is 7. The van der Waals surface area contributed by atoms with Crippen LogP contribution in [0.5, 0.6) is 0 Å². The van der Waals surface area contributed by atoms with E-state index in [1.807, 2.05) is 37.3 Å². The highest BCUT2D eigenvalue weighted by molar-refractivity contribution is 6.31. The fourth-order valence-electron chi connectivity index (χ4n) is 4.64. The van der Waals surface area contributed by atoms with Crippen molar-refractivity contribution in [2.45, 2.75) is 46.2 Å². The molecule has 1 atom stereocenters. The number of piperazine rings is 1. The highest BCUT2D eigenvalue weighted by Crippen LogP contribution is 2.29. The number of oxazole rings is 1.